The second-order valence-corrected chi connectivity index (χ2v) is 6.77. The van der Waals surface area contributed by atoms with Gasteiger partial charge in [-0.3, -0.25) is 4.79 Å². The molecule has 1 amide bonds. The van der Waals surface area contributed by atoms with E-state index < -0.39 is 0 Å². The average Bonchev–Trinajstić information content (AvgIpc) is 2.67. The van der Waals surface area contributed by atoms with Crippen molar-refractivity contribution in [2.75, 3.05) is 37.6 Å². The molecule has 0 bridgehead atoms. The fourth-order valence-electron chi connectivity index (χ4n) is 3.08. The van der Waals surface area contributed by atoms with Gasteiger partial charge in [-0.25, -0.2) is 4.39 Å². The Hall–Kier alpha value is -2.11. The molecule has 2 aromatic carbocycles. The first-order chi connectivity index (χ1) is 12.6. The zero-order valence-electron chi connectivity index (χ0n) is 14.6. The van der Waals surface area contributed by atoms with E-state index in [0.29, 0.717) is 32.6 Å². The second-order valence-electron chi connectivity index (χ2n) is 6.36. The topological polar surface area (TPSA) is 35.6 Å². The molecule has 1 aliphatic heterocycles. The molecular weight excluding hydrogens is 353 g/mol. The number of carbonyl (C=O) groups excluding carboxylic acids is 1. The van der Waals surface area contributed by atoms with Gasteiger partial charge >= 0.3 is 0 Å². The zero-order valence-corrected chi connectivity index (χ0v) is 15.4. The van der Waals surface area contributed by atoms with Crippen molar-refractivity contribution in [2.45, 2.75) is 13.0 Å². The zero-order chi connectivity index (χ0) is 18.4. The normalized spacial score (nSPS) is 14.5. The first-order valence-corrected chi connectivity index (χ1v) is 9.24. The van der Waals surface area contributed by atoms with Crippen molar-refractivity contribution >= 4 is 23.2 Å². The van der Waals surface area contributed by atoms with Gasteiger partial charge in [-0.15, -0.1) is 0 Å². The van der Waals surface area contributed by atoms with Crippen LogP contribution >= 0.6 is 11.6 Å². The van der Waals surface area contributed by atoms with Gasteiger partial charge in [0.2, 0.25) is 5.91 Å². The highest BCUT2D eigenvalue weighted by molar-refractivity contribution is 6.31. The Morgan fingerprint density at radius 2 is 1.73 bits per heavy atom. The highest BCUT2D eigenvalue weighted by Crippen LogP contribution is 2.17. The lowest BCUT2D eigenvalue weighted by Crippen LogP contribution is -2.49. The fraction of sp³-hybridized carbons (Fsp3) is 0.350. The third-order valence-electron chi connectivity index (χ3n) is 4.61. The molecule has 1 aliphatic rings. The molecule has 0 aromatic heterocycles. The van der Waals surface area contributed by atoms with Crippen LogP contribution in [0.1, 0.15) is 12.0 Å². The van der Waals surface area contributed by atoms with E-state index in [2.05, 4.69) is 10.2 Å². The molecule has 0 radical (unpaired) electrons. The lowest BCUT2D eigenvalue weighted by Gasteiger charge is -2.36. The summed E-state index contributed by atoms with van der Waals surface area (Å²) in [5.74, 6) is -0.0673. The van der Waals surface area contributed by atoms with E-state index in [1.165, 1.54) is 12.1 Å². The summed E-state index contributed by atoms with van der Waals surface area (Å²) in [7, 11) is 0. The molecule has 1 fully saturated rings. The number of benzene rings is 2. The Labute approximate surface area is 158 Å². The molecule has 0 saturated carbocycles. The molecule has 26 heavy (non-hydrogen) atoms. The molecule has 4 nitrogen and oxygen atoms in total. The van der Waals surface area contributed by atoms with Crippen LogP contribution in [0.4, 0.5) is 10.1 Å². The molecule has 3 rings (SSSR count). The number of rotatable bonds is 6. The van der Waals surface area contributed by atoms with Crippen molar-refractivity contribution in [2.24, 2.45) is 0 Å². The van der Waals surface area contributed by atoms with Crippen LogP contribution in [0.25, 0.3) is 0 Å². The summed E-state index contributed by atoms with van der Waals surface area (Å²) in [6.07, 6.45) is 0.473. The number of carbonyl (C=O) groups is 1. The summed E-state index contributed by atoms with van der Waals surface area (Å²) >= 11 is 6.12. The van der Waals surface area contributed by atoms with Crippen molar-refractivity contribution in [3.8, 4) is 0 Å². The van der Waals surface area contributed by atoms with Gasteiger partial charge < -0.3 is 15.1 Å². The maximum atomic E-state index is 13.0. The number of piperazine rings is 1. The second kappa shape index (κ2) is 9.01. The molecule has 0 spiro atoms. The van der Waals surface area contributed by atoms with E-state index in [1.807, 2.05) is 29.2 Å². The summed E-state index contributed by atoms with van der Waals surface area (Å²) < 4.78 is 13.0. The van der Waals surface area contributed by atoms with Gasteiger partial charge in [-0.1, -0.05) is 29.8 Å². The van der Waals surface area contributed by atoms with Crippen LogP contribution < -0.4 is 10.2 Å². The molecule has 1 saturated heterocycles. The first-order valence-electron chi connectivity index (χ1n) is 8.86. The van der Waals surface area contributed by atoms with Gasteiger partial charge in [0.15, 0.2) is 0 Å². The predicted molar refractivity (Wildman–Crippen MR) is 103 cm³/mol. The summed E-state index contributed by atoms with van der Waals surface area (Å²) in [5, 5.41) is 4.01. The van der Waals surface area contributed by atoms with E-state index in [4.69, 9.17) is 11.6 Å². The largest absolute Gasteiger partial charge is 0.368 e. The van der Waals surface area contributed by atoms with Crippen molar-refractivity contribution in [1.29, 1.82) is 0 Å². The Bertz CT molecular complexity index is 730. The van der Waals surface area contributed by atoms with Gasteiger partial charge in [-0.05, 0) is 35.9 Å². The number of hydrogen-bond acceptors (Lipinski definition) is 3. The van der Waals surface area contributed by atoms with E-state index >= 15 is 0 Å². The highest BCUT2D eigenvalue weighted by Gasteiger charge is 2.20. The lowest BCUT2D eigenvalue weighted by molar-refractivity contribution is -0.131. The van der Waals surface area contributed by atoms with Crippen LogP contribution in [0.2, 0.25) is 5.02 Å². The summed E-state index contributed by atoms with van der Waals surface area (Å²) in [4.78, 5) is 16.4. The first kappa shape index (κ1) is 18.7. The highest BCUT2D eigenvalue weighted by atomic mass is 35.5. The fourth-order valence-corrected chi connectivity index (χ4v) is 3.29. The number of anilines is 1. The van der Waals surface area contributed by atoms with Gasteiger partial charge in [-0.2, -0.15) is 0 Å². The number of nitrogens with one attached hydrogen (secondary N) is 1. The third-order valence-corrected chi connectivity index (χ3v) is 4.98. The van der Waals surface area contributed by atoms with E-state index in [0.717, 1.165) is 29.4 Å². The lowest BCUT2D eigenvalue weighted by atomic mass is 10.2. The van der Waals surface area contributed by atoms with Crippen LogP contribution in [0.15, 0.2) is 48.5 Å². The molecule has 138 valence electrons. The average molecular weight is 376 g/mol. The number of nitrogens with zero attached hydrogens (tertiary/aromatic N) is 2. The van der Waals surface area contributed by atoms with Crippen molar-refractivity contribution in [1.82, 2.24) is 10.2 Å². The van der Waals surface area contributed by atoms with Crippen LogP contribution in [-0.4, -0.2) is 43.5 Å². The van der Waals surface area contributed by atoms with Gasteiger partial charge in [0.25, 0.3) is 0 Å². The number of amides is 1. The number of halogens is 2. The maximum Gasteiger partial charge on any atom is 0.223 e. The smallest absolute Gasteiger partial charge is 0.223 e. The van der Waals surface area contributed by atoms with Gasteiger partial charge in [0, 0.05) is 56.4 Å². The van der Waals surface area contributed by atoms with Crippen molar-refractivity contribution in [3.63, 3.8) is 0 Å². The van der Waals surface area contributed by atoms with Crippen LogP contribution in [0, 0.1) is 5.82 Å². The molecule has 2 aromatic rings. The monoisotopic (exact) mass is 375 g/mol. The van der Waals surface area contributed by atoms with Crippen molar-refractivity contribution in [3.05, 3.63) is 64.9 Å². The maximum absolute atomic E-state index is 13.0. The minimum atomic E-state index is -0.230. The van der Waals surface area contributed by atoms with Crippen molar-refractivity contribution < 1.29 is 9.18 Å². The number of hydrogen-bond donors (Lipinski definition) is 1. The minimum absolute atomic E-state index is 0.162. The van der Waals surface area contributed by atoms with Gasteiger partial charge in [0.05, 0.1) is 0 Å². The Balaban J connectivity index is 1.38. The van der Waals surface area contributed by atoms with Crippen LogP contribution in [0.3, 0.4) is 0 Å². The molecule has 1 heterocycles. The summed E-state index contributed by atoms with van der Waals surface area (Å²) in [6.45, 7) is 4.21. The van der Waals surface area contributed by atoms with E-state index in [-0.39, 0.29) is 11.7 Å². The molecule has 1 N–H and O–H groups in total. The van der Waals surface area contributed by atoms with Crippen LogP contribution in [-0.2, 0) is 11.3 Å². The Morgan fingerprint density at radius 3 is 2.42 bits per heavy atom. The SMILES string of the molecule is O=C(CCNCc1ccccc1Cl)N1CCN(c2ccc(F)cc2)CC1. The molecule has 0 atom stereocenters. The molecule has 0 aliphatic carbocycles. The molecule has 6 heteroatoms. The Kier molecular flexibility index (Phi) is 6.47. The third kappa shape index (κ3) is 4.96. The van der Waals surface area contributed by atoms with Gasteiger partial charge in [0.1, 0.15) is 5.82 Å². The predicted octanol–water partition coefficient (Wildman–Crippen LogP) is 3.31. The van der Waals surface area contributed by atoms with E-state index in [1.54, 1.807) is 12.1 Å². The quantitative estimate of drug-likeness (QED) is 0.787. The molecule has 0 unspecified atom stereocenters. The van der Waals surface area contributed by atoms with Crippen LogP contribution in [0.5, 0.6) is 0 Å². The summed E-state index contributed by atoms with van der Waals surface area (Å²) in [6, 6.07) is 14.2. The minimum Gasteiger partial charge on any atom is -0.368 e. The summed E-state index contributed by atoms with van der Waals surface area (Å²) in [5.41, 5.74) is 2.04. The molecular formula is C20H23ClFN3O. The standard InChI is InChI=1S/C20H23ClFN3O/c21-19-4-2-1-3-16(19)15-23-10-9-20(26)25-13-11-24(12-14-25)18-7-5-17(22)6-8-18/h1-8,23H,9-15H2. The Morgan fingerprint density at radius 1 is 1.04 bits per heavy atom. The van der Waals surface area contributed by atoms with E-state index in [9.17, 15) is 9.18 Å².